The summed E-state index contributed by atoms with van der Waals surface area (Å²) in [4.78, 5) is 32.0. The maximum atomic E-state index is 13.9. The van der Waals surface area contributed by atoms with Crippen molar-refractivity contribution in [2.45, 2.75) is 33.7 Å². The number of rotatable bonds is 5. The molecule has 0 N–H and O–H groups in total. The molecule has 7 nitrogen and oxygen atoms in total. The van der Waals surface area contributed by atoms with Crippen LogP contribution in [0.1, 0.15) is 42.4 Å². The number of carbonyl (C=O) groups is 1. The fraction of sp³-hybridized carbons (Fsp3) is 0.214. The lowest BCUT2D eigenvalue weighted by Gasteiger charge is -2.25. The number of nitrogens with zero attached hydrogens (tertiary/aromatic N) is 4. The number of para-hydroxylation sites is 1. The van der Waals surface area contributed by atoms with Gasteiger partial charge in [0.15, 0.2) is 4.80 Å². The number of aryl methyl sites for hydroxylation is 1. The number of esters is 1. The van der Waals surface area contributed by atoms with Crippen LogP contribution in [-0.2, 0) is 9.53 Å². The summed E-state index contributed by atoms with van der Waals surface area (Å²) in [6.07, 6.45) is 1.86. The van der Waals surface area contributed by atoms with Crippen molar-refractivity contribution < 1.29 is 9.53 Å². The van der Waals surface area contributed by atoms with Gasteiger partial charge in [0.1, 0.15) is 6.04 Å². The number of aromatic nitrogens is 3. The Morgan fingerprint density at radius 2 is 1.81 bits per heavy atom. The maximum absolute atomic E-state index is 13.9. The minimum Gasteiger partial charge on any atom is -0.463 e. The Balaban J connectivity index is 1.72. The van der Waals surface area contributed by atoms with Crippen LogP contribution in [0.2, 0.25) is 5.02 Å². The number of thiazole rings is 1. The average Bonchev–Trinajstić information content (AvgIpc) is 3.34. The summed E-state index contributed by atoms with van der Waals surface area (Å²) in [5, 5.41) is 5.15. The van der Waals surface area contributed by atoms with Crippen molar-refractivity contribution in [1.82, 2.24) is 14.3 Å². The topological polar surface area (TPSA) is 78.5 Å². The van der Waals surface area contributed by atoms with Crippen molar-refractivity contribution in [2.24, 2.45) is 4.99 Å². The third kappa shape index (κ3) is 4.36. The molecule has 1 aliphatic heterocycles. The minimum absolute atomic E-state index is 0.208. The lowest BCUT2D eigenvalue weighted by atomic mass is 9.96. The molecule has 0 saturated heterocycles. The van der Waals surface area contributed by atoms with Gasteiger partial charge in [-0.05, 0) is 57.5 Å². The molecule has 188 valence electrons. The molecule has 0 bridgehead atoms. The Kier molecular flexibility index (Phi) is 6.70. The van der Waals surface area contributed by atoms with Crippen LogP contribution in [-0.4, -0.2) is 26.9 Å². The van der Waals surface area contributed by atoms with Gasteiger partial charge in [0.2, 0.25) is 0 Å². The molecule has 9 heteroatoms. The van der Waals surface area contributed by atoms with Gasteiger partial charge in [0, 0.05) is 16.3 Å². The molecular weight excluding hydrogens is 508 g/mol. The molecule has 37 heavy (non-hydrogen) atoms. The van der Waals surface area contributed by atoms with E-state index in [1.807, 2.05) is 73.1 Å². The third-order valence-corrected chi connectivity index (χ3v) is 7.67. The van der Waals surface area contributed by atoms with Gasteiger partial charge in [-0.25, -0.2) is 14.5 Å². The summed E-state index contributed by atoms with van der Waals surface area (Å²) in [5.41, 5.74) is 4.72. The lowest BCUT2D eigenvalue weighted by Crippen LogP contribution is -2.40. The summed E-state index contributed by atoms with van der Waals surface area (Å²) in [7, 11) is 0. The summed E-state index contributed by atoms with van der Waals surface area (Å²) in [6.45, 7) is 7.61. The van der Waals surface area contributed by atoms with Crippen LogP contribution in [0, 0.1) is 13.8 Å². The summed E-state index contributed by atoms with van der Waals surface area (Å²) < 4.78 is 9.25. The molecule has 5 rings (SSSR count). The summed E-state index contributed by atoms with van der Waals surface area (Å²) >= 11 is 7.85. The molecule has 3 heterocycles. The highest BCUT2D eigenvalue weighted by Crippen LogP contribution is 2.34. The number of hydrogen-bond donors (Lipinski definition) is 0. The van der Waals surface area contributed by atoms with Crippen LogP contribution in [0.25, 0.3) is 11.8 Å². The molecule has 2 aromatic carbocycles. The highest BCUT2D eigenvalue weighted by atomic mass is 35.5. The molecule has 2 aromatic heterocycles. The van der Waals surface area contributed by atoms with E-state index in [0.717, 1.165) is 22.6 Å². The monoisotopic (exact) mass is 532 g/mol. The number of hydrogen-bond acceptors (Lipinski definition) is 6. The van der Waals surface area contributed by atoms with Gasteiger partial charge < -0.3 is 4.74 Å². The zero-order valence-electron chi connectivity index (χ0n) is 20.9. The number of carbonyl (C=O) groups excluding carboxylic acids is 1. The first-order valence-corrected chi connectivity index (χ1v) is 13.1. The van der Waals surface area contributed by atoms with E-state index in [0.29, 0.717) is 31.2 Å². The molecule has 0 fully saturated rings. The van der Waals surface area contributed by atoms with Gasteiger partial charge in [-0.15, -0.1) is 0 Å². The second-order valence-electron chi connectivity index (χ2n) is 8.66. The van der Waals surface area contributed by atoms with Crippen molar-refractivity contribution in [3.8, 4) is 5.69 Å². The Bertz CT molecular complexity index is 1730. The smallest absolute Gasteiger partial charge is 0.338 e. The number of ether oxygens (including phenoxy) is 1. The van der Waals surface area contributed by atoms with Crippen molar-refractivity contribution in [3.63, 3.8) is 0 Å². The molecule has 0 amide bonds. The molecule has 0 aliphatic carbocycles. The van der Waals surface area contributed by atoms with Crippen LogP contribution in [0.4, 0.5) is 0 Å². The Morgan fingerprint density at radius 3 is 2.51 bits per heavy atom. The van der Waals surface area contributed by atoms with Crippen molar-refractivity contribution in [2.75, 3.05) is 6.61 Å². The van der Waals surface area contributed by atoms with E-state index in [1.165, 1.54) is 11.3 Å². The zero-order valence-corrected chi connectivity index (χ0v) is 22.4. The van der Waals surface area contributed by atoms with E-state index in [1.54, 1.807) is 24.5 Å². The predicted molar refractivity (Wildman–Crippen MR) is 145 cm³/mol. The number of halogens is 1. The molecule has 4 aromatic rings. The predicted octanol–water partition coefficient (Wildman–Crippen LogP) is 4.25. The quantitative estimate of drug-likeness (QED) is 0.360. The van der Waals surface area contributed by atoms with Gasteiger partial charge in [0.25, 0.3) is 5.56 Å². The van der Waals surface area contributed by atoms with Crippen molar-refractivity contribution in [3.05, 3.63) is 113 Å². The molecule has 0 unspecified atom stereocenters. The van der Waals surface area contributed by atoms with E-state index in [-0.39, 0.29) is 12.2 Å². The highest BCUT2D eigenvalue weighted by Gasteiger charge is 2.34. The Labute approximate surface area is 222 Å². The van der Waals surface area contributed by atoms with Crippen LogP contribution in [0.15, 0.2) is 75.7 Å². The van der Waals surface area contributed by atoms with Crippen LogP contribution in [0.5, 0.6) is 0 Å². The van der Waals surface area contributed by atoms with Gasteiger partial charge in [0.05, 0.1) is 33.8 Å². The SMILES string of the molecule is CCOC(=O)C1=C(C)N=c2s/c(=C/c3c(C)nn(-c4ccccc4)c3C)c(=O)n2[C@@H]1c1ccccc1Cl. The van der Waals surface area contributed by atoms with Crippen LogP contribution >= 0.6 is 22.9 Å². The van der Waals surface area contributed by atoms with E-state index >= 15 is 0 Å². The van der Waals surface area contributed by atoms with E-state index < -0.39 is 12.0 Å². The average molecular weight is 533 g/mol. The molecule has 0 saturated carbocycles. The largest absolute Gasteiger partial charge is 0.463 e. The summed E-state index contributed by atoms with van der Waals surface area (Å²) in [5.74, 6) is -0.515. The Hall–Kier alpha value is -3.75. The van der Waals surface area contributed by atoms with Gasteiger partial charge in [-0.1, -0.05) is 59.3 Å². The fourth-order valence-electron chi connectivity index (χ4n) is 4.60. The van der Waals surface area contributed by atoms with Gasteiger partial charge in [-0.2, -0.15) is 5.10 Å². The van der Waals surface area contributed by atoms with Crippen molar-refractivity contribution in [1.29, 1.82) is 0 Å². The van der Waals surface area contributed by atoms with E-state index in [9.17, 15) is 9.59 Å². The Morgan fingerprint density at radius 1 is 1.11 bits per heavy atom. The first-order chi connectivity index (χ1) is 17.8. The van der Waals surface area contributed by atoms with E-state index in [2.05, 4.69) is 4.99 Å². The standard InChI is InChI=1S/C28H25ClN4O3S/c1-5-36-27(35)24-17(3)30-28-32(25(24)20-13-9-10-14-22(20)29)26(34)23(37-28)15-21-16(2)31-33(18(21)4)19-11-7-6-8-12-19/h6-15,25H,5H2,1-4H3/b23-15+/t25-/m1/s1. The molecular formula is C28H25ClN4O3S. The highest BCUT2D eigenvalue weighted by molar-refractivity contribution is 7.07. The normalized spacial score (nSPS) is 15.5. The first-order valence-electron chi connectivity index (χ1n) is 11.9. The molecule has 0 radical (unpaired) electrons. The molecule has 1 atom stereocenters. The van der Waals surface area contributed by atoms with Gasteiger partial charge >= 0.3 is 5.97 Å². The first kappa shape index (κ1) is 24.9. The summed E-state index contributed by atoms with van der Waals surface area (Å²) in [6, 6.07) is 16.3. The second-order valence-corrected chi connectivity index (χ2v) is 10.1. The third-order valence-electron chi connectivity index (χ3n) is 6.34. The second kappa shape index (κ2) is 9.95. The molecule has 0 spiro atoms. The molecule has 1 aliphatic rings. The lowest BCUT2D eigenvalue weighted by molar-refractivity contribution is -0.139. The van der Waals surface area contributed by atoms with Crippen LogP contribution in [0.3, 0.4) is 0 Å². The van der Waals surface area contributed by atoms with Gasteiger partial charge in [-0.3, -0.25) is 9.36 Å². The van der Waals surface area contributed by atoms with Crippen LogP contribution < -0.4 is 14.9 Å². The number of benzene rings is 2. The fourth-order valence-corrected chi connectivity index (χ4v) is 5.87. The number of allylic oxidation sites excluding steroid dienone is 1. The van der Waals surface area contributed by atoms with Crippen molar-refractivity contribution >= 4 is 35.0 Å². The maximum Gasteiger partial charge on any atom is 0.338 e. The zero-order chi connectivity index (χ0) is 26.3. The van der Waals surface area contributed by atoms with E-state index in [4.69, 9.17) is 21.4 Å². The number of fused-ring (bicyclic) bond motifs is 1. The minimum atomic E-state index is -0.750.